The smallest absolute Gasteiger partial charge is 0.00940 e. The second-order valence-corrected chi connectivity index (χ2v) is 18.9. The molecular formula is C50H54. The maximum Gasteiger partial charge on any atom is -0.00940 e. The van der Waals surface area contributed by atoms with Gasteiger partial charge in [-0.1, -0.05) is 116 Å². The SMILES string of the molecule is CC1(C)CCc2ccccc2-c2cc3c(cc21)-c1cc2c(cc1CCC3(C)C)-c1cc3c(cc1C(C)(C)CC2)-c1ccccc1CCC3(C)C. The average molecular weight is 655 g/mol. The van der Waals surface area contributed by atoms with Crippen LogP contribution in [0.1, 0.15) is 126 Å². The van der Waals surface area contributed by atoms with Gasteiger partial charge in [-0.05, 0) is 186 Å². The summed E-state index contributed by atoms with van der Waals surface area (Å²) < 4.78 is 0. The minimum atomic E-state index is 0.0841. The molecule has 0 unspecified atom stereocenters. The fourth-order valence-electron chi connectivity index (χ4n) is 10.3. The van der Waals surface area contributed by atoms with Crippen molar-refractivity contribution < 1.29 is 0 Å². The van der Waals surface area contributed by atoms with E-state index < -0.39 is 0 Å². The van der Waals surface area contributed by atoms with Crippen molar-refractivity contribution in [3.05, 3.63) is 129 Å². The quantitative estimate of drug-likeness (QED) is 0.156. The van der Waals surface area contributed by atoms with Crippen LogP contribution in [0.25, 0.3) is 44.5 Å². The minimum Gasteiger partial charge on any atom is -0.0620 e. The van der Waals surface area contributed by atoms with E-state index in [1.165, 1.54) is 102 Å². The highest BCUT2D eigenvalue weighted by atomic mass is 14.4. The van der Waals surface area contributed by atoms with Crippen molar-refractivity contribution in [1.82, 2.24) is 0 Å². The van der Waals surface area contributed by atoms with Gasteiger partial charge in [0.2, 0.25) is 0 Å². The third-order valence-corrected chi connectivity index (χ3v) is 13.8. The van der Waals surface area contributed by atoms with E-state index >= 15 is 0 Å². The van der Waals surface area contributed by atoms with Gasteiger partial charge in [0.25, 0.3) is 0 Å². The molecule has 0 radical (unpaired) electrons. The summed E-state index contributed by atoms with van der Waals surface area (Å²) in [5.74, 6) is 0. The number of benzene rings is 5. The molecule has 0 aromatic heterocycles. The van der Waals surface area contributed by atoms with Gasteiger partial charge in [0.1, 0.15) is 0 Å². The van der Waals surface area contributed by atoms with E-state index in [0.717, 1.165) is 38.5 Å². The lowest BCUT2D eigenvalue weighted by atomic mass is 9.73. The summed E-state index contributed by atoms with van der Waals surface area (Å²) in [6.07, 6.45) is 9.15. The molecule has 254 valence electrons. The Bertz CT molecular complexity index is 2060. The van der Waals surface area contributed by atoms with Gasteiger partial charge in [-0.3, -0.25) is 0 Å². The number of hydrogen-bond donors (Lipinski definition) is 0. The molecule has 50 heavy (non-hydrogen) atoms. The molecule has 4 aliphatic carbocycles. The first kappa shape index (κ1) is 32.0. The van der Waals surface area contributed by atoms with E-state index in [9.17, 15) is 0 Å². The number of fused-ring (bicyclic) bond motifs is 12. The summed E-state index contributed by atoms with van der Waals surface area (Å²) in [4.78, 5) is 0. The Morgan fingerprint density at radius 2 is 0.580 bits per heavy atom. The molecule has 0 heteroatoms. The van der Waals surface area contributed by atoms with Gasteiger partial charge in [0, 0.05) is 0 Å². The van der Waals surface area contributed by atoms with Crippen LogP contribution in [0.4, 0.5) is 0 Å². The highest BCUT2D eigenvalue weighted by Crippen LogP contribution is 2.53. The van der Waals surface area contributed by atoms with Gasteiger partial charge in [-0.15, -0.1) is 0 Å². The first-order valence-corrected chi connectivity index (χ1v) is 19.4. The van der Waals surface area contributed by atoms with Crippen LogP contribution in [0.15, 0.2) is 84.9 Å². The highest BCUT2D eigenvalue weighted by molar-refractivity contribution is 5.87. The first-order valence-electron chi connectivity index (χ1n) is 19.4. The standard InChI is InChI=1S/C50H54/c1-47(2)21-17-31-13-9-11-15-35(31)39-27-45-41(29-43(39)47)37-25-34-20-24-50(7,8)46-28-40-36-16-12-10-14-32(36)18-22-48(3,4)44(40)30-42(46)38(34)26-33(37)19-23-49(45,5)6/h9-16,25-30H,17-24H2,1-8H3. The molecule has 0 saturated heterocycles. The van der Waals surface area contributed by atoms with Crippen molar-refractivity contribution in [2.24, 2.45) is 0 Å². The molecule has 0 spiro atoms. The second kappa shape index (κ2) is 10.8. The van der Waals surface area contributed by atoms with Crippen LogP contribution >= 0.6 is 0 Å². The number of rotatable bonds is 0. The summed E-state index contributed by atoms with van der Waals surface area (Å²) in [5, 5.41) is 0. The summed E-state index contributed by atoms with van der Waals surface area (Å²) in [6.45, 7) is 19.9. The van der Waals surface area contributed by atoms with Gasteiger partial charge in [-0.2, -0.15) is 0 Å². The fourth-order valence-corrected chi connectivity index (χ4v) is 10.3. The Morgan fingerprint density at radius 3 is 0.920 bits per heavy atom. The van der Waals surface area contributed by atoms with Crippen LogP contribution in [0, 0.1) is 0 Å². The zero-order valence-electron chi connectivity index (χ0n) is 31.7. The predicted molar refractivity (Wildman–Crippen MR) is 214 cm³/mol. The van der Waals surface area contributed by atoms with Crippen molar-refractivity contribution >= 4 is 0 Å². The summed E-state index contributed by atoms with van der Waals surface area (Å²) in [7, 11) is 0. The molecule has 9 rings (SSSR count). The molecule has 5 aromatic rings. The summed E-state index contributed by atoms with van der Waals surface area (Å²) >= 11 is 0. The Morgan fingerprint density at radius 1 is 0.300 bits per heavy atom. The molecule has 0 N–H and O–H groups in total. The molecule has 0 amide bonds. The van der Waals surface area contributed by atoms with Crippen molar-refractivity contribution in [2.45, 2.75) is 128 Å². The zero-order valence-corrected chi connectivity index (χ0v) is 31.7. The third-order valence-electron chi connectivity index (χ3n) is 13.8. The molecule has 5 aromatic carbocycles. The Kier molecular flexibility index (Phi) is 6.92. The molecule has 4 aliphatic rings. The number of hydrogen-bond acceptors (Lipinski definition) is 0. The van der Waals surface area contributed by atoms with Crippen LogP contribution in [0.3, 0.4) is 0 Å². The third kappa shape index (κ3) is 4.84. The molecule has 0 nitrogen and oxygen atoms in total. The molecule has 0 fully saturated rings. The van der Waals surface area contributed by atoms with Crippen molar-refractivity contribution in [3.63, 3.8) is 0 Å². The van der Waals surface area contributed by atoms with Crippen molar-refractivity contribution in [2.75, 3.05) is 0 Å². The lowest BCUT2D eigenvalue weighted by Crippen LogP contribution is -2.21. The predicted octanol–water partition coefficient (Wildman–Crippen LogP) is 13.2. The average Bonchev–Trinajstić information content (AvgIpc) is 3.39. The van der Waals surface area contributed by atoms with Gasteiger partial charge in [0.15, 0.2) is 0 Å². The highest BCUT2D eigenvalue weighted by Gasteiger charge is 2.38. The van der Waals surface area contributed by atoms with Crippen LogP contribution < -0.4 is 0 Å². The van der Waals surface area contributed by atoms with Crippen molar-refractivity contribution in [1.29, 1.82) is 0 Å². The van der Waals surface area contributed by atoms with Crippen LogP contribution in [0.5, 0.6) is 0 Å². The Labute approximate surface area is 301 Å². The van der Waals surface area contributed by atoms with Crippen LogP contribution in [0.2, 0.25) is 0 Å². The summed E-state index contributed by atoms with van der Waals surface area (Å²) in [6, 6.07) is 34.3. The van der Waals surface area contributed by atoms with Gasteiger partial charge in [-0.25, -0.2) is 0 Å². The van der Waals surface area contributed by atoms with E-state index in [-0.39, 0.29) is 21.7 Å². The molecular weight excluding hydrogens is 601 g/mol. The second-order valence-electron chi connectivity index (χ2n) is 18.9. The normalized spacial score (nSPS) is 20.0. The fraction of sp³-hybridized carbons (Fsp3) is 0.400. The van der Waals surface area contributed by atoms with Gasteiger partial charge < -0.3 is 0 Å². The lowest BCUT2D eigenvalue weighted by Gasteiger charge is -2.31. The molecule has 0 bridgehead atoms. The van der Waals surface area contributed by atoms with Gasteiger partial charge in [0.05, 0.1) is 0 Å². The molecule has 0 heterocycles. The largest absolute Gasteiger partial charge is 0.0620 e. The molecule has 0 saturated carbocycles. The number of aryl methyl sites for hydroxylation is 4. The maximum atomic E-state index is 2.66. The summed E-state index contributed by atoms with van der Waals surface area (Å²) in [5.41, 5.74) is 24.3. The Balaban J connectivity index is 1.29. The minimum absolute atomic E-state index is 0.0841. The monoisotopic (exact) mass is 654 g/mol. The first-order chi connectivity index (χ1) is 23.7. The lowest BCUT2D eigenvalue weighted by molar-refractivity contribution is 0.478. The van der Waals surface area contributed by atoms with Crippen LogP contribution in [-0.2, 0) is 47.3 Å². The van der Waals surface area contributed by atoms with Crippen LogP contribution in [-0.4, -0.2) is 0 Å². The molecule has 0 aliphatic heterocycles. The van der Waals surface area contributed by atoms with Gasteiger partial charge >= 0.3 is 0 Å². The van der Waals surface area contributed by atoms with E-state index in [4.69, 9.17) is 0 Å². The Hall–Kier alpha value is -3.90. The van der Waals surface area contributed by atoms with E-state index in [1.807, 2.05) is 0 Å². The van der Waals surface area contributed by atoms with E-state index in [2.05, 4.69) is 140 Å². The zero-order chi connectivity index (χ0) is 34.8. The van der Waals surface area contributed by atoms with E-state index in [1.54, 1.807) is 0 Å². The molecule has 0 atom stereocenters. The van der Waals surface area contributed by atoms with Crippen molar-refractivity contribution in [3.8, 4) is 44.5 Å². The maximum absolute atomic E-state index is 2.66. The van der Waals surface area contributed by atoms with E-state index in [0.29, 0.717) is 0 Å². The topological polar surface area (TPSA) is 0 Å².